The van der Waals surface area contributed by atoms with E-state index in [0.29, 0.717) is 19.1 Å². The van der Waals surface area contributed by atoms with Crippen LogP contribution in [0.2, 0.25) is 0 Å². The Labute approximate surface area is 92.3 Å². The molecule has 1 aromatic rings. The number of aromatic nitrogens is 2. The molecule has 0 aliphatic rings. The Bertz CT molecular complexity index is 427. The van der Waals surface area contributed by atoms with Crippen molar-refractivity contribution in [1.82, 2.24) is 14.9 Å². The van der Waals surface area contributed by atoms with Crippen LogP contribution in [0.1, 0.15) is 13.8 Å². The number of hydrogen-bond donors (Lipinski definition) is 1. The molecule has 7 nitrogen and oxygen atoms in total. The molecule has 16 heavy (non-hydrogen) atoms. The van der Waals surface area contributed by atoms with E-state index >= 15 is 0 Å². The SMILES string of the molecule is CC(C)NCCn1cc([N+](=O)[O-])cnc1=O. The number of rotatable bonds is 5. The highest BCUT2D eigenvalue weighted by Gasteiger charge is 2.08. The lowest BCUT2D eigenvalue weighted by Crippen LogP contribution is -2.31. The Kier molecular flexibility index (Phi) is 4.12. The summed E-state index contributed by atoms with van der Waals surface area (Å²) in [5.41, 5.74) is -0.652. The van der Waals surface area contributed by atoms with Crippen molar-refractivity contribution in [3.8, 4) is 0 Å². The molecule has 0 unspecified atom stereocenters. The van der Waals surface area contributed by atoms with Gasteiger partial charge in [0.15, 0.2) is 0 Å². The van der Waals surface area contributed by atoms with Crippen molar-refractivity contribution in [2.24, 2.45) is 0 Å². The first kappa shape index (κ1) is 12.3. The van der Waals surface area contributed by atoms with Gasteiger partial charge in [-0.15, -0.1) is 0 Å². The Hall–Kier alpha value is -1.76. The van der Waals surface area contributed by atoms with E-state index in [0.717, 1.165) is 6.20 Å². The summed E-state index contributed by atoms with van der Waals surface area (Å²) < 4.78 is 1.23. The third kappa shape index (κ3) is 3.43. The molecule has 0 aromatic carbocycles. The lowest BCUT2D eigenvalue weighted by molar-refractivity contribution is -0.385. The van der Waals surface area contributed by atoms with Gasteiger partial charge in [0, 0.05) is 19.1 Å². The van der Waals surface area contributed by atoms with Crippen molar-refractivity contribution >= 4 is 5.69 Å². The van der Waals surface area contributed by atoms with Gasteiger partial charge in [-0.2, -0.15) is 4.98 Å². The second-order valence-electron chi connectivity index (χ2n) is 3.65. The zero-order valence-corrected chi connectivity index (χ0v) is 9.21. The van der Waals surface area contributed by atoms with Crippen LogP contribution >= 0.6 is 0 Å². The maximum Gasteiger partial charge on any atom is 0.348 e. The predicted molar refractivity (Wildman–Crippen MR) is 58.3 cm³/mol. The summed E-state index contributed by atoms with van der Waals surface area (Å²) >= 11 is 0. The maximum absolute atomic E-state index is 11.3. The van der Waals surface area contributed by atoms with Crippen LogP contribution in [-0.2, 0) is 6.54 Å². The number of nitrogens with one attached hydrogen (secondary N) is 1. The Morgan fingerprint density at radius 1 is 1.62 bits per heavy atom. The van der Waals surface area contributed by atoms with Crippen LogP contribution < -0.4 is 11.0 Å². The van der Waals surface area contributed by atoms with E-state index < -0.39 is 10.6 Å². The number of nitrogens with zero attached hydrogens (tertiary/aromatic N) is 3. The Morgan fingerprint density at radius 2 is 2.31 bits per heavy atom. The van der Waals surface area contributed by atoms with E-state index in [2.05, 4.69) is 10.3 Å². The molecule has 0 aliphatic carbocycles. The number of hydrogen-bond acceptors (Lipinski definition) is 5. The van der Waals surface area contributed by atoms with Gasteiger partial charge in [0.05, 0.1) is 11.1 Å². The molecule has 88 valence electrons. The van der Waals surface area contributed by atoms with Crippen molar-refractivity contribution in [3.63, 3.8) is 0 Å². The minimum absolute atomic E-state index is 0.177. The summed E-state index contributed by atoms with van der Waals surface area (Å²) in [5, 5.41) is 13.6. The quantitative estimate of drug-likeness (QED) is 0.570. The highest BCUT2D eigenvalue weighted by molar-refractivity contribution is 5.20. The molecule has 1 aromatic heterocycles. The number of nitro groups is 1. The van der Waals surface area contributed by atoms with Crippen molar-refractivity contribution in [2.45, 2.75) is 26.4 Å². The molecule has 1 rings (SSSR count). The topological polar surface area (TPSA) is 90.1 Å². The first-order valence-corrected chi connectivity index (χ1v) is 4.95. The van der Waals surface area contributed by atoms with E-state index in [9.17, 15) is 14.9 Å². The second-order valence-corrected chi connectivity index (χ2v) is 3.65. The molecule has 0 saturated heterocycles. The zero-order chi connectivity index (χ0) is 12.1. The third-order valence-electron chi connectivity index (χ3n) is 1.96. The minimum Gasteiger partial charge on any atom is -0.313 e. The van der Waals surface area contributed by atoms with Gasteiger partial charge < -0.3 is 5.32 Å². The van der Waals surface area contributed by atoms with Crippen LogP contribution in [0.5, 0.6) is 0 Å². The van der Waals surface area contributed by atoms with Gasteiger partial charge in [-0.1, -0.05) is 13.8 Å². The van der Waals surface area contributed by atoms with Crippen molar-refractivity contribution in [2.75, 3.05) is 6.54 Å². The highest BCUT2D eigenvalue weighted by Crippen LogP contribution is 2.04. The van der Waals surface area contributed by atoms with Gasteiger partial charge in [0.1, 0.15) is 6.20 Å². The van der Waals surface area contributed by atoms with E-state index in [-0.39, 0.29) is 5.69 Å². The van der Waals surface area contributed by atoms with Crippen molar-refractivity contribution in [1.29, 1.82) is 0 Å². The Morgan fingerprint density at radius 3 is 2.88 bits per heavy atom. The zero-order valence-electron chi connectivity index (χ0n) is 9.21. The van der Waals surface area contributed by atoms with E-state index in [4.69, 9.17) is 0 Å². The molecule has 0 spiro atoms. The predicted octanol–water partition coefficient (Wildman–Crippen LogP) is 0.149. The molecule has 1 N–H and O–H groups in total. The van der Waals surface area contributed by atoms with Crippen LogP contribution in [0.4, 0.5) is 5.69 Å². The summed E-state index contributed by atoms with van der Waals surface area (Å²) in [7, 11) is 0. The summed E-state index contributed by atoms with van der Waals surface area (Å²) in [4.78, 5) is 24.6. The maximum atomic E-state index is 11.3. The smallest absolute Gasteiger partial charge is 0.313 e. The first-order chi connectivity index (χ1) is 7.50. The average Bonchev–Trinajstić information content (AvgIpc) is 2.20. The van der Waals surface area contributed by atoms with Gasteiger partial charge in [0.25, 0.3) is 0 Å². The normalized spacial score (nSPS) is 10.7. The summed E-state index contributed by atoms with van der Waals surface area (Å²) in [5.74, 6) is 0. The van der Waals surface area contributed by atoms with Gasteiger partial charge >= 0.3 is 11.4 Å². The van der Waals surface area contributed by atoms with Crippen LogP contribution in [0, 0.1) is 10.1 Å². The highest BCUT2D eigenvalue weighted by atomic mass is 16.6. The molecular weight excluding hydrogens is 212 g/mol. The molecule has 1 heterocycles. The fraction of sp³-hybridized carbons (Fsp3) is 0.556. The lowest BCUT2D eigenvalue weighted by atomic mass is 10.4. The lowest BCUT2D eigenvalue weighted by Gasteiger charge is -2.08. The molecular formula is C9H14N4O3. The van der Waals surface area contributed by atoms with Gasteiger partial charge in [-0.05, 0) is 0 Å². The molecule has 7 heteroatoms. The van der Waals surface area contributed by atoms with Crippen LogP contribution in [-0.4, -0.2) is 27.1 Å². The molecule has 0 fully saturated rings. The van der Waals surface area contributed by atoms with Gasteiger partial charge in [-0.25, -0.2) is 4.79 Å². The standard InChI is InChI=1S/C9H14N4O3/c1-7(2)10-3-4-12-6-8(13(15)16)5-11-9(12)14/h5-7,10H,3-4H2,1-2H3. The second kappa shape index (κ2) is 5.36. The fourth-order valence-electron chi connectivity index (χ4n) is 1.17. The molecule has 0 amide bonds. The molecule has 0 radical (unpaired) electrons. The van der Waals surface area contributed by atoms with Gasteiger partial charge in [-0.3, -0.25) is 14.7 Å². The summed E-state index contributed by atoms with van der Waals surface area (Å²) in [6.45, 7) is 4.90. The van der Waals surface area contributed by atoms with Crippen LogP contribution in [0.3, 0.4) is 0 Å². The third-order valence-corrected chi connectivity index (χ3v) is 1.96. The van der Waals surface area contributed by atoms with E-state index in [1.54, 1.807) is 0 Å². The summed E-state index contributed by atoms with van der Waals surface area (Å²) in [6, 6.07) is 0.308. The van der Waals surface area contributed by atoms with Crippen molar-refractivity contribution in [3.05, 3.63) is 33.0 Å². The van der Waals surface area contributed by atoms with E-state index in [1.807, 2.05) is 13.8 Å². The van der Waals surface area contributed by atoms with Crippen LogP contribution in [0.25, 0.3) is 0 Å². The Balaban J connectivity index is 2.75. The van der Waals surface area contributed by atoms with E-state index in [1.165, 1.54) is 10.8 Å². The molecule has 0 saturated carbocycles. The fourth-order valence-corrected chi connectivity index (χ4v) is 1.17. The molecule has 0 bridgehead atoms. The van der Waals surface area contributed by atoms with Crippen molar-refractivity contribution < 1.29 is 4.92 Å². The largest absolute Gasteiger partial charge is 0.348 e. The molecule has 0 aliphatic heterocycles. The van der Waals surface area contributed by atoms with Crippen LogP contribution in [0.15, 0.2) is 17.2 Å². The summed E-state index contributed by atoms with van der Waals surface area (Å²) in [6.07, 6.45) is 2.17. The van der Waals surface area contributed by atoms with Gasteiger partial charge in [0.2, 0.25) is 0 Å². The monoisotopic (exact) mass is 226 g/mol. The molecule has 0 atom stereocenters. The average molecular weight is 226 g/mol. The minimum atomic E-state index is -0.571. The first-order valence-electron chi connectivity index (χ1n) is 4.95.